The van der Waals surface area contributed by atoms with E-state index in [1.807, 2.05) is 32.0 Å². The summed E-state index contributed by atoms with van der Waals surface area (Å²) in [5.41, 5.74) is 7.96. The van der Waals surface area contributed by atoms with Crippen LogP contribution in [0.1, 0.15) is 25.5 Å². The highest BCUT2D eigenvalue weighted by Gasteiger charge is 2.29. The molecule has 2 rings (SSSR count). The van der Waals surface area contributed by atoms with Crippen molar-refractivity contribution < 1.29 is 8.42 Å². The Kier molecular flexibility index (Phi) is 4.23. The Bertz CT molecular complexity index is 572. The molecule has 1 aromatic rings. The first kappa shape index (κ1) is 14.8. The number of nitrogens with two attached hydrogens (primary N) is 1. The Hall–Kier alpha value is -0.590. The molecule has 1 aliphatic rings. The van der Waals surface area contributed by atoms with Gasteiger partial charge in [-0.3, -0.25) is 0 Å². The molecular weight excluding hydrogens is 328 g/mol. The molecule has 1 unspecified atom stereocenters. The number of rotatable bonds is 2. The van der Waals surface area contributed by atoms with Gasteiger partial charge in [-0.15, -0.1) is 0 Å². The van der Waals surface area contributed by atoms with Crippen LogP contribution in [0.25, 0.3) is 0 Å². The van der Waals surface area contributed by atoms with Crippen LogP contribution in [0.2, 0.25) is 0 Å². The molecule has 0 spiro atoms. The Morgan fingerprint density at radius 2 is 2.16 bits per heavy atom. The molecule has 1 fully saturated rings. The number of nitrogens with zero attached hydrogens (tertiary/aromatic N) is 1. The van der Waals surface area contributed by atoms with E-state index in [1.54, 1.807) is 0 Å². The van der Waals surface area contributed by atoms with Crippen molar-refractivity contribution in [3.63, 3.8) is 0 Å². The minimum Gasteiger partial charge on any atom is -0.366 e. The summed E-state index contributed by atoms with van der Waals surface area (Å²) in [4.78, 5) is 2.14. The summed E-state index contributed by atoms with van der Waals surface area (Å²) in [5.74, 6) is 0.438. The molecule has 4 nitrogen and oxygen atoms in total. The number of hydrogen-bond donors (Lipinski definition) is 1. The van der Waals surface area contributed by atoms with Gasteiger partial charge in [-0.05, 0) is 47.5 Å². The normalized spacial score (nSPS) is 24.2. The minimum atomic E-state index is -2.88. The van der Waals surface area contributed by atoms with E-state index in [1.165, 1.54) is 0 Å². The van der Waals surface area contributed by atoms with Gasteiger partial charge in [0.05, 0.1) is 17.2 Å². The highest BCUT2D eigenvalue weighted by atomic mass is 79.9. The zero-order valence-corrected chi connectivity index (χ0v) is 13.5. The third-order valence-corrected chi connectivity index (χ3v) is 5.91. The monoisotopic (exact) mass is 346 g/mol. The first-order chi connectivity index (χ1) is 8.80. The topological polar surface area (TPSA) is 63.4 Å². The minimum absolute atomic E-state index is 0.00352. The van der Waals surface area contributed by atoms with Crippen LogP contribution in [0.4, 0.5) is 5.69 Å². The van der Waals surface area contributed by atoms with Gasteiger partial charge < -0.3 is 10.6 Å². The third-order valence-electron chi connectivity index (χ3n) is 3.48. The second kappa shape index (κ2) is 5.42. The van der Waals surface area contributed by atoms with E-state index in [-0.39, 0.29) is 23.6 Å². The van der Waals surface area contributed by atoms with Gasteiger partial charge in [0.25, 0.3) is 0 Å². The molecule has 0 aromatic heterocycles. The quantitative estimate of drug-likeness (QED) is 0.890. The first-order valence-electron chi connectivity index (χ1n) is 6.32. The summed E-state index contributed by atoms with van der Waals surface area (Å²) < 4.78 is 24.2. The van der Waals surface area contributed by atoms with Crippen LogP contribution in [0, 0.1) is 0 Å². The molecule has 106 valence electrons. The predicted molar refractivity (Wildman–Crippen MR) is 82.2 cm³/mol. The predicted octanol–water partition coefficient (Wildman–Crippen LogP) is 2.09. The van der Waals surface area contributed by atoms with Crippen molar-refractivity contribution in [3.8, 4) is 0 Å². The van der Waals surface area contributed by atoms with Crippen molar-refractivity contribution in [2.24, 2.45) is 5.73 Å². The Labute approximate surface area is 123 Å². The van der Waals surface area contributed by atoms with E-state index in [0.717, 1.165) is 15.7 Å². The maximum Gasteiger partial charge on any atom is 0.154 e. The molecule has 0 radical (unpaired) electrons. The SMILES string of the molecule is CC1CS(=O)(=O)CCN1c1ccc([C@H](C)N)cc1Br. The van der Waals surface area contributed by atoms with Crippen molar-refractivity contribution in [2.45, 2.75) is 25.9 Å². The van der Waals surface area contributed by atoms with Crippen LogP contribution in [0.3, 0.4) is 0 Å². The second-order valence-corrected chi connectivity index (χ2v) is 8.24. The molecular formula is C13H19BrN2O2S. The fraction of sp³-hybridized carbons (Fsp3) is 0.538. The fourth-order valence-corrected chi connectivity index (χ4v) is 4.58. The number of benzene rings is 1. The Balaban J connectivity index is 2.28. The lowest BCUT2D eigenvalue weighted by Gasteiger charge is -2.36. The van der Waals surface area contributed by atoms with E-state index in [4.69, 9.17) is 5.73 Å². The largest absolute Gasteiger partial charge is 0.366 e. The van der Waals surface area contributed by atoms with Gasteiger partial charge in [-0.1, -0.05) is 6.07 Å². The maximum absolute atomic E-state index is 11.6. The third kappa shape index (κ3) is 3.30. The average molecular weight is 347 g/mol. The summed E-state index contributed by atoms with van der Waals surface area (Å²) in [6.45, 7) is 4.43. The van der Waals surface area contributed by atoms with Gasteiger partial charge >= 0.3 is 0 Å². The first-order valence-corrected chi connectivity index (χ1v) is 8.94. The average Bonchev–Trinajstić information content (AvgIpc) is 2.29. The van der Waals surface area contributed by atoms with Crippen LogP contribution in [-0.4, -0.2) is 32.5 Å². The Morgan fingerprint density at radius 1 is 1.47 bits per heavy atom. The van der Waals surface area contributed by atoms with Gasteiger partial charge in [-0.25, -0.2) is 8.42 Å². The summed E-state index contributed by atoms with van der Waals surface area (Å²) >= 11 is 3.56. The highest BCUT2D eigenvalue weighted by molar-refractivity contribution is 9.10. The lowest BCUT2D eigenvalue weighted by molar-refractivity contribution is 0.568. The van der Waals surface area contributed by atoms with Crippen molar-refractivity contribution in [1.29, 1.82) is 0 Å². The molecule has 1 saturated heterocycles. The molecule has 0 aliphatic carbocycles. The molecule has 0 amide bonds. The molecule has 1 heterocycles. The van der Waals surface area contributed by atoms with Crippen LogP contribution >= 0.6 is 15.9 Å². The van der Waals surface area contributed by atoms with Crippen molar-refractivity contribution in [2.75, 3.05) is 23.0 Å². The number of hydrogen-bond acceptors (Lipinski definition) is 4. The summed E-state index contributed by atoms with van der Waals surface area (Å²) in [6.07, 6.45) is 0. The molecule has 0 saturated carbocycles. The molecule has 1 aromatic carbocycles. The fourth-order valence-electron chi connectivity index (χ4n) is 2.40. The molecule has 1 aliphatic heterocycles. The van der Waals surface area contributed by atoms with E-state index < -0.39 is 9.84 Å². The summed E-state index contributed by atoms with van der Waals surface area (Å²) in [5, 5.41) is 0. The molecule has 2 N–H and O–H groups in total. The number of anilines is 1. The second-order valence-electron chi connectivity index (χ2n) is 5.16. The van der Waals surface area contributed by atoms with Gasteiger partial charge in [0.15, 0.2) is 9.84 Å². The maximum atomic E-state index is 11.6. The summed E-state index contributed by atoms with van der Waals surface area (Å²) in [7, 11) is -2.88. The van der Waals surface area contributed by atoms with Gasteiger partial charge in [0.1, 0.15) is 0 Å². The molecule has 19 heavy (non-hydrogen) atoms. The van der Waals surface area contributed by atoms with Gasteiger partial charge in [-0.2, -0.15) is 0 Å². The molecule has 0 bridgehead atoms. The van der Waals surface area contributed by atoms with Crippen molar-refractivity contribution in [1.82, 2.24) is 0 Å². The summed E-state index contributed by atoms with van der Waals surface area (Å²) in [6, 6.07) is 6.01. The Morgan fingerprint density at radius 3 is 2.68 bits per heavy atom. The zero-order chi connectivity index (χ0) is 14.2. The van der Waals surface area contributed by atoms with E-state index in [0.29, 0.717) is 6.54 Å². The van der Waals surface area contributed by atoms with Crippen LogP contribution in [0.5, 0.6) is 0 Å². The van der Waals surface area contributed by atoms with Crippen LogP contribution in [-0.2, 0) is 9.84 Å². The molecule has 6 heteroatoms. The lowest BCUT2D eigenvalue weighted by Crippen LogP contribution is -2.47. The molecule has 2 atom stereocenters. The van der Waals surface area contributed by atoms with Gasteiger partial charge in [0, 0.05) is 23.1 Å². The zero-order valence-electron chi connectivity index (χ0n) is 11.1. The standard InChI is InChI=1S/C13H19BrN2O2S/c1-9-8-19(17,18)6-5-16(9)13-4-3-11(10(2)15)7-12(13)14/h3-4,7,9-10H,5-6,8,15H2,1-2H3/t9?,10-/m0/s1. The highest BCUT2D eigenvalue weighted by Crippen LogP contribution is 2.31. The lowest BCUT2D eigenvalue weighted by atomic mass is 10.1. The van der Waals surface area contributed by atoms with Gasteiger partial charge in [0.2, 0.25) is 0 Å². The van der Waals surface area contributed by atoms with E-state index >= 15 is 0 Å². The van der Waals surface area contributed by atoms with Crippen molar-refractivity contribution in [3.05, 3.63) is 28.2 Å². The van der Waals surface area contributed by atoms with E-state index in [9.17, 15) is 8.42 Å². The van der Waals surface area contributed by atoms with E-state index in [2.05, 4.69) is 20.8 Å². The van der Waals surface area contributed by atoms with Crippen LogP contribution < -0.4 is 10.6 Å². The number of halogens is 1. The van der Waals surface area contributed by atoms with Crippen molar-refractivity contribution >= 4 is 31.5 Å². The smallest absolute Gasteiger partial charge is 0.154 e. The number of sulfone groups is 1. The van der Waals surface area contributed by atoms with Crippen LogP contribution in [0.15, 0.2) is 22.7 Å².